The van der Waals surface area contributed by atoms with Crippen LogP contribution in [0.15, 0.2) is 47.1 Å². The minimum Gasteiger partial charge on any atom is -0.497 e. The highest BCUT2D eigenvalue weighted by Crippen LogP contribution is 2.21. The molecule has 0 unspecified atom stereocenters. The molecule has 168 valence electrons. The van der Waals surface area contributed by atoms with Crippen molar-refractivity contribution in [3.05, 3.63) is 54.0 Å². The van der Waals surface area contributed by atoms with Crippen LogP contribution in [0.5, 0.6) is 5.75 Å². The molecule has 0 bridgehead atoms. The lowest BCUT2D eigenvalue weighted by molar-refractivity contribution is 0.194. The molecule has 1 N–H and O–H groups in total. The van der Waals surface area contributed by atoms with Crippen LogP contribution in [0.4, 0.5) is 10.6 Å². The topological polar surface area (TPSA) is 96.6 Å². The largest absolute Gasteiger partial charge is 0.497 e. The summed E-state index contributed by atoms with van der Waals surface area (Å²) in [7, 11) is 1.64. The Morgan fingerprint density at radius 1 is 1.12 bits per heavy atom. The van der Waals surface area contributed by atoms with Gasteiger partial charge < -0.3 is 24.4 Å². The molecule has 2 amide bonds. The molecule has 0 saturated carbocycles. The number of nitrogens with one attached hydrogen (secondary N) is 1. The van der Waals surface area contributed by atoms with Gasteiger partial charge in [0.1, 0.15) is 11.6 Å². The van der Waals surface area contributed by atoms with Gasteiger partial charge >= 0.3 is 6.03 Å². The Kier molecular flexibility index (Phi) is 6.53. The van der Waals surface area contributed by atoms with Crippen LogP contribution in [0, 0.1) is 0 Å². The van der Waals surface area contributed by atoms with Gasteiger partial charge in [0.25, 0.3) is 0 Å². The standard InChI is InChI=1S/C23H28N6O3/c1-16(2)22-26-21(27-32-22)18-6-9-20(24-15-18)28-10-12-29(13-11-28)23(30)25-14-17-4-7-19(31-3)8-5-17/h4-9,15-16H,10-14H2,1-3H3,(H,25,30). The average molecular weight is 437 g/mol. The summed E-state index contributed by atoms with van der Waals surface area (Å²) in [5.41, 5.74) is 1.85. The van der Waals surface area contributed by atoms with E-state index in [4.69, 9.17) is 9.26 Å². The highest BCUT2D eigenvalue weighted by molar-refractivity contribution is 5.74. The van der Waals surface area contributed by atoms with Crippen molar-refractivity contribution in [2.45, 2.75) is 26.3 Å². The second kappa shape index (κ2) is 9.67. The average Bonchev–Trinajstić information content (AvgIpc) is 3.34. The lowest BCUT2D eigenvalue weighted by Crippen LogP contribution is -2.51. The number of nitrogens with zero attached hydrogens (tertiary/aromatic N) is 5. The molecule has 0 aliphatic carbocycles. The molecule has 3 aromatic rings. The van der Waals surface area contributed by atoms with Crippen LogP contribution in [0.2, 0.25) is 0 Å². The lowest BCUT2D eigenvalue weighted by Gasteiger charge is -2.35. The van der Waals surface area contributed by atoms with Gasteiger partial charge in [0.05, 0.1) is 7.11 Å². The summed E-state index contributed by atoms with van der Waals surface area (Å²) in [6, 6.07) is 11.5. The van der Waals surface area contributed by atoms with Crippen LogP contribution in [0.1, 0.15) is 31.2 Å². The monoisotopic (exact) mass is 436 g/mol. The summed E-state index contributed by atoms with van der Waals surface area (Å²) < 4.78 is 10.4. The third-order valence-corrected chi connectivity index (χ3v) is 5.44. The molecule has 0 atom stereocenters. The third-order valence-electron chi connectivity index (χ3n) is 5.44. The molecule has 1 aliphatic heterocycles. The Morgan fingerprint density at radius 2 is 1.88 bits per heavy atom. The van der Waals surface area contributed by atoms with Gasteiger partial charge in [-0.25, -0.2) is 9.78 Å². The Bertz CT molecular complexity index is 1020. The minimum atomic E-state index is -0.0539. The van der Waals surface area contributed by atoms with E-state index >= 15 is 0 Å². The quantitative estimate of drug-likeness (QED) is 0.633. The summed E-state index contributed by atoms with van der Waals surface area (Å²) in [6.45, 7) is 7.24. The van der Waals surface area contributed by atoms with Gasteiger partial charge in [-0.05, 0) is 29.8 Å². The van der Waals surface area contributed by atoms with Crippen LogP contribution in [0.3, 0.4) is 0 Å². The third kappa shape index (κ3) is 4.99. The van der Waals surface area contributed by atoms with Crippen molar-refractivity contribution < 1.29 is 14.1 Å². The van der Waals surface area contributed by atoms with Crippen LogP contribution in [-0.4, -0.2) is 59.3 Å². The molecule has 1 fully saturated rings. The van der Waals surface area contributed by atoms with Gasteiger partial charge in [0.2, 0.25) is 11.7 Å². The number of hydrogen-bond acceptors (Lipinski definition) is 7. The van der Waals surface area contributed by atoms with E-state index in [1.165, 1.54) is 0 Å². The van der Waals surface area contributed by atoms with Crippen LogP contribution >= 0.6 is 0 Å². The summed E-state index contributed by atoms with van der Waals surface area (Å²) in [6.07, 6.45) is 1.76. The highest BCUT2D eigenvalue weighted by Gasteiger charge is 2.22. The number of hydrogen-bond donors (Lipinski definition) is 1. The van der Waals surface area contributed by atoms with Gasteiger partial charge in [-0.3, -0.25) is 0 Å². The van der Waals surface area contributed by atoms with Crippen molar-refractivity contribution in [3.8, 4) is 17.1 Å². The number of amides is 2. The van der Waals surface area contributed by atoms with Gasteiger partial charge in [-0.1, -0.05) is 31.1 Å². The molecule has 1 aromatic carbocycles. The van der Waals surface area contributed by atoms with E-state index in [9.17, 15) is 4.79 Å². The SMILES string of the molecule is COc1ccc(CNC(=O)N2CCN(c3ccc(-c4noc(C(C)C)n4)cn3)CC2)cc1. The number of ether oxygens (including phenoxy) is 1. The molecule has 32 heavy (non-hydrogen) atoms. The zero-order chi connectivity index (χ0) is 22.5. The Balaban J connectivity index is 1.27. The highest BCUT2D eigenvalue weighted by atomic mass is 16.5. The number of carbonyl (C=O) groups is 1. The fourth-order valence-corrected chi connectivity index (χ4v) is 3.46. The number of anilines is 1. The van der Waals surface area contributed by atoms with E-state index in [0.717, 1.165) is 35.8 Å². The second-order valence-corrected chi connectivity index (χ2v) is 8.00. The number of urea groups is 1. The molecule has 0 radical (unpaired) electrons. The zero-order valence-corrected chi connectivity index (χ0v) is 18.6. The van der Waals surface area contributed by atoms with Crippen molar-refractivity contribution >= 4 is 11.8 Å². The molecule has 0 spiro atoms. The zero-order valence-electron chi connectivity index (χ0n) is 18.6. The predicted octanol–water partition coefficient (Wildman–Crippen LogP) is 3.30. The normalized spacial score (nSPS) is 14.0. The first-order chi connectivity index (χ1) is 15.5. The molecule has 9 heteroatoms. The summed E-state index contributed by atoms with van der Waals surface area (Å²) in [5, 5.41) is 7.02. The Hall–Kier alpha value is -3.62. The van der Waals surface area contributed by atoms with E-state index in [2.05, 4.69) is 25.3 Å². The van der Waals surface area contributed by atoms with E-state index in [0.29, 0.717) is 31.3 Å². The van der Waals surface area contributed by atoms with Crippen LogP contribution in [0.25, 0.3) is 11.4 Å². The Morgan fingerprint density at radius 3 is 2.47 bits per heavy atom. The molecule has 9 nitrogen and oxygen atoms in total. The maximum Gasteiger partial charge on any atom is 0.317 e. The lowest BCUT2D eigenvalue weighted by atomic mass is 10.2. The van der Waals surface area contributed by atoms with E-state index in [-0.39, 0.29) is 11.9 Å². The number of piperazine rings is 1. The number of pyridine rings is 1. The van der Waals surface area contributed by atoms with Crippen molar-refractivity contribution in [3.63, 3.8) is 0 Å². The molecule has 1 aliphatic rings. The Labute approximate surface area is 187 Å². The van der Waals surface area contributed by atoms with Crippen LogP contribution in [-0.2, 0) is 6.54 Å². The van der Waals surface area contributed by atoms with Gasteiger partial charge in [0.15, 0.2) is 0 Å². The summed E-state index contributed by atoms with van der Waals surface area (Å²) in [5.74, 6) is 3.03. The van der Waals surface area contributed by atoms with E-state index in [1.54, 1.807) is 13.3 Å². The number of methoxy groups -OCH3 is 1. The first kappa shape index (κ1) is 21.6. The van der Waals surface area contributed by atoms with Crippen LogP contribution < -0.4 is 15.0 Å². The fourth-order valence-electron chi connectivity index (χ4n) is 3.46. The van der Waals surface area contributed by atoms with E-state index < -0.39 is 0 Å². The van der Waals surface area contributed by atoms with Crippen molar-refractivity contribution in [2.75, 3.05) is 38.2 Å². The van der Waals surface area contributed by atoms with Crippen molar-refractivity contribution in [1.82, 2.24) is 25.3 Å². The minimum absolute atomic E-state index is 0.0539. The summed E-state index contributed by atoms with van der Waals surface area (Å²) in [4.78, 5) is 25.5. The molecule has 3 heterocycles. The number of carbonyl (C=O) groups excluding carboxylic acids is 1. The predicted molar refractivity (Wildman–Crippen MR) is 121 cm³/mol. The second-order valence-electron chi connectivity index (χ2n) is 8.00. The summed E-state index contributed by atoms with van der Waals surface area (Å²) >= 11 is 0. The van der Waals surface area contributed by atoms with Crippen molar-refractivity contribution in [1.29, 1.82) is 0 Å². The van der Waals surface area contributed by atoms with E-state index in [1.807, 2.05) is 55.1 Å². The molecular weight excluding hydrogens is 408 g/mol. The molecule has 2 aromatic heterocycles. The smallest absolute Gasteiger partial charge is 0.317 e. The fraction of sp³-hybridized carbons (Fsp3) is 0.391. The number of benzene rings is 1. The first-order valence-corrected chi connectivity index (χ1v) is 10.7. The molecule has 4 rings (SSSR count). The molecular formula is C23H28N6O3. The maximum absolute atomic E-state index is 12.5. The van der Waals surface area contributed by atoms with Gasteiger partial charge in [0, 0.05) is 50.4 Å². The number of rotatable bonds is 6. The van der Waals surface area contributed by atoms with Gasteiger partial charge in [-0.2, -0.15) is 4.98 Å². The number of aromatic nitrogens is 3. The van der Waals surface area contributed by atoms with Crippen molar-refractivity contribution in [2.24, 2.45) is 0 Å². The first-order valence-electron chi connectivity index (χ1n) is 10.7. The van der Waals surface area contributed by atoms with Gasteiger partial charge in [-0.15, -0.1) is 0 Å². The maximum atomic E-state index is 12.5. The molecule has 1 saturated heterocycles.